The number of hydrogen-bond donors (Lipinski definition) is 1. The first kappa shape index (κ1) is 34.5. The van der Waals surface area contributed by atoms with Crippen LogP contribution in [-0.2, 0) is 38.7 Å². The summed E-state index contributed by atoms with van der Waals surface area (Å²) in [4.78, 5) is 35.4. The molecule has 0 rings (SSSR count). The van der Waals surface area contributed by atoms with Gasteiger partial charge in [0, 0.05) is 0 Å². The molecule has 0 aromatic rings. The van der Waals surface area contributed by atoms with Crippen molar-refractivity contribution in [2.75, 3.05) is 20.3 Å². The zero-order valence-electron chi connectivity index (χ0n) is 17.6. The van der Waals surface area contributed by atoms with E-state index in [2.05, 4.69) is 14.2 Å². The normalized spacial score (nSPS) is 16.8. The van der Waals surface area contributed by atoms with Crippen LogP contribution in [0, 0.1) is 5.92 Å². The van der Waals surface area contributed by atoms with Crippen molar-refractivity contribution in [2.45, 2.75) is 48.2 Å². The third-order valence-electron chi connectivity index (χ3n) is 3.97. The second-order valence-corrected chi connectivity index (χ2v) is 8.41. The van der Waals surface area contributed by atoms with Crippen LogP contribution in [0.3, 0.4) is 0 Å². The van der Waals surface area contributed by atoms with Crippen molar-refractivity contribution in [2.24, 2.45) is 5.92 Å². The van der Waals surface area contributed by atoms with E-state index in [4.69, 9.17) is 4.55 Å². The molecule has 0 heterocycles. The van der Waals surface area contributed by atoms with Gasteiger partial charge in [-0.05, 0) is 0 Å². The van der Waals surface area contributed by atoms with E-state index in [0.717, 1.165) is 0 Å². The Morgan fingerprint density at radius 2 is 1.11 bits per heavy atom. The summed E-state index contributed by atoms with van der Waals surface area (Å²) < 4.78 is 195. The van der Waals surface area contributed by atoms with E-state index in [1.54, 1.807) is 0 Å². The van der Waals surface area contributed by atoms with Crippen LogP contribution in [0.5, 0.6) is 0 Å². The molecule has 4 unspecified atom stereocenters. The van der Waals surface area contributed by atoms with Crippen molar-refractivity contribution < 1.29 is 94.2 Å². The number of hydrogen-bond acceptors (Lipinski definition) is 8. The Kier molecular flexibility index (Phi) is 11.1. The molecule has 37 heavy (non-hydrogen) atoms. The van der Waals surface area contributed by atoms with Gasteiger partial charge >= 0.3 is 42.1 Å². The fraction of sp³-hybridized carbons (Fsp3) is 0.800. The molecule has 0 saturated heterocycles. The number of esters is 3. The van der Waals surface area contributed by atoms with Crippen LogP contribution in [-0.4, -0.2) is 93.0 Å². The van der Waals surface area contributed by atoms with Crippen LogP contribution in [0.25, 0.3) is 0 Å². The Labute approximate surface area is 197 Å². The first-order valence-corrected chi connectivity index (χ1v) is 10.3. The molecule has 9 nitrogen and oxygen atoms in total. The van der Waals surface area contributed by atoms with Gasteiger partial charge < -0.3 is 14.2 Å². The Balaban J connectivity index is 6.07. The Bertz CT molecular complexity index is 932. The lowest BCUT2D eigenvalue weighted by Gasteiger charge is -2.26. The first-order chi connectivity index (χ1) is 16.3. The summed E-state index contributed by atoms with van der Waals surface area (Å²) in [6.45, 7) is -5.70. The number of halogens is 12. The summed E-state index contributed by atoms with van der Waals surface area (Å²) in [5.74, 6) is -21.4. The van der Waals surface area contributed by atoms with E-state index in [-0.39, 0.29) is 0 Å². The van der Waals surface area contributed by atoms with Crippen molar-refractivity contribution >= 4 is 28.0 Å². The maximum absolute atomic E-state index is 13.3. The SMILES string of the molecule is COC(=O)CC(C(=O)OCC(F)(F)C(F)C(F)(F)F)C(C(=O)OCC(F)(F)C(F)C(F)(F)F)S(=O)(=O)O. The minimum atomic E-state index is -6.23. The molecular formula is C15H14F12O9S. The molecule has 0 spiro atoms. The number of rotatable bonds is 12. The largest absolute Gasteiger partial charge is 0.469 e. The monoisotopic (exact) mass is 598 g/mol. The zero-order chi connectivity index (χ0) is 29.8. The highest BCUT2D eigenvalue weighted by Crippen LogP contribution is 2.36. The van der Waals surface area contributed by atoms with Crippen LogP contribution in [0.4, 0.5) is 52.7 Å². The molecule has 218 valence electrons. The average Bonchev–Trinajstić information content (AvgIpc) is 2.72. The third-order valence-corrected chi connectivity index (χ3v) is 5.13. The summed E-state index contributed by atoms with van der Waals surface area (Å²) in [6.07, 6.45) is -24.2. The molecule has 0 amide bonds. The number of methoxy groups -OCH3 is 1. The van der Waals surface area contributed by atoms with E-state index < -0.39 is 95.4 Å². The number of alkyl halides is 12. The van der Waals surface area contributed by atoms with Crippen LogP contribution in [0.15, 0.2) is 0 Å². The van der Waals surface area contributed by atoms with Crippen molar-refractivity contribution in [1.82, 2.24) is 0 Å². The van der Waals surface area contributed by atoms with Gasteiger partial charge in [0.1, 0.15) is 0 Å². The van der Waals surface area contributed by atoms with Gasteiger partial charge in [-0.15, -0.1) is 0 Å². The molecule has 0 aliphatic heterocycles. The maximum atomic E-state index is 13.3. The minimum absolute atomic E-state index is 0.524. The van der Waals surface area contributed by atoms with Crippen molar-refractivity contribution in [3.05, 3.63) is 0 Å². The molecule has 0 saturated carbocycles. The van der Waals surface area contributed by atoms with Crippen molar-refractivity contribution in [1.29, 1.82) is 0 Å². The molecule has 0 aromatic heterocycles. The highest BCUT2D eigenvalue weighted by atomic mass is 32.2. The minimum Gasteiger partial charge on any atom is -0.469 e. The third kappa shape index (κ3) is 10.0. The van der Waals surface area contributed by atoms with E-state index in [1.165, 1.54) is 0 Å². The highest BCUT2D eigenvalue weighted by Gasteiger charge is 2.59. The summed E-state index contributed by atoms with van der Waals surface area (Å²) in [7, 11) is -5.63. The lowest BCUT2D eigenvalue weighted by Crippen LogP contribution is -2.49. The Morgan fingerprint density at radius 1 is 0.757 bits per heavy atom. The van der Waals surface area contributed by atoms with Gasteiger partial charge in [-0.1, -0.05) is 0 Å². The van der Waals surface area contributed by atoms with Gasteiger partial charge in [0.2, 0.25) is 0 Å². The number of carbonyl (C=O) groups is 3. The molecule has 1 N–H and O–H groups in total. The van der Waals surface area contributed by atoms with E-state index in [1.807, 2.05) is 0 Å². The van der Waals surface area contributed by atoms with Gasteiger partial charge in [0.05, 0.1) is 19.4 Å². The molecule has 0 radical (unpaired) electrons. The zero-order valence-corrected chi connectivity index (χ0v) is 18.4. The summed E-state index contributed by atoms with van der Waals surface area (Å²) >= 11 is 0. The topological polar surface area (TPSA) is 133 Å². The summed E-state index contributed by atoms with van der Waals surface area (Å²) in [5.41, 5.74) is 0. The Hall–Kier alpha value is -2.52. The fourth-order valence-corrected chi connectivity index (χ4v) is 3.15. The highest BCUT2D eigenvalue weighted by molar-refractivity contribution is 7.87. The van der Waals surface area contributed by atoms with E-state index >= 15 is 0 Å². The lowest BCUT2D eigenvalue weighted by molar-refractivity contribution is -0.255. The Morgan fingerprint density at radius 3 is 1.41 bits per heavy atom. The smallest absolute Gasteiger partial charge is 0.425 e. The van der Waals surface area contributed by atoms with E-state index in [0.29, 0.717) is 7.11 Å². The summed E-state index contributed by atoms with van der Waals surface area (Å²) in [5, 5.41) is -3.64. The van der Waals surface area contributed by atoms with Gasteiger partial charge in [-0.25, -0.2) is 8.78 Å². The summed E-state index contributed by atoms with van der Waals surface area (Å²) in [6, 6.07) is 0. The standard InChI is InChI=1S/C15H14F12O9S/c1-34-6(28)2-5(8(29)35-3-12(18,19)10(16)14(22,23)24)7(37(31,32)33)9(30)36-4-13(20,21)11(17)15(25,26)27/h5,7,10-11H,2-4H2,1H3,(H,31,32,33). The van der Waals surface area contributed by atoms with Gasteiger partial charge in [-0.3, -0.25) is 18.9 Å². The van der Waals surface area contributed by atoms with Gasteiger partial charge in [-0.2, -0.15) is 52.3 Å². The van der Waals surface area contributed by atoms with Crippen LogP contribution < -0.4 is 0 Å². The first-order valence-electron chi connectivity index (χ1n) is 8.82. The predicted octanol–water partition coefficient (Wildman–Crippen LogP) is 2.58. The molecule has 0 aromatic carbocycles. The molecule has 0 aliphatic carbocycles. The maximum Gasteiger partial charge on any atom is 0.425 e. The molecule has 4 atom stereocenters. The van der Waals surface area contributed by atoms with Crippen LogP contribution in [0.2, 0.25) is 0 Å². The van der Waals surface area contributed by atoms with Crippen LogP contribution in [0.1, 0.15) is 6.42 Å². The molecular weight excluding hydrogens is 584 g/mol. The fourth-order valence-electron chi connectivity index (χ4n) is 2.22. The van der Waals surface area contributed by atoms with Crippen molar-refractivity contribution in [3.63, 3.8) is 0 Å². The number of carbonyl (C=O) groups excluding carboxylic acids is 3. The quantitative estimate of drug-likeness (QED) is 0.156. The van der Waals surface area contributed by atoms with Gasteiger partial charge in [0.15, 0.2) is 18.5 Å². The lowest BCUT2D eigenvalue weighted by atomic mass is 10.0. The predicted molar refractivity (Wildman–Crippen MR) is 89.2 cm³/mol. The second kappa shape index (κ2) is 11.9. The molecule has 22 heteroatoms. The second-order valence-electron chi connectivity index (χ2n) is 6.87. The van der Waals surface area contributed by atoms with Gasteiger partial charge in [0.25, 0.3) is 22.5 Å². The van der Waals surface area contributed by atoms with E-state index in [9.17, 15) is 75.5 Å². The van der Waals surface area contributed by atoms with Crippen molar-refractivity contribution in [3.8, 4) is 0 Å². The number of ether oxygens (including phenoxy) is 3. The van der Waals surface area contributed by atoms with Crippen LogP contribution >= 0.6 is 0 Å². The molecule has 0 fully saturated rings. The molecule has 0 bridgehead atoms. The average molecular weight is 598 g/mol. The molecule has 0 aliphatic rings.